The van der Waals surface area contributed by atoms with Crippen LogP contribution in [-0.4, -0.2) is 34.7 Å². The Morgan fingerprint density at radius 3 is 0.710 bits per heavy atom. The molecule has 0 unspecified atom stereocenters. The number of hydrogen-bond acceptors (Lipinski definition) is 0. The summed E-state index contributed by atoms with van der Waals surface area (Å²) in [6.07, 6.45) is 0. The molecule has 0 atom stereocenters. The predicted molar refractivity (Wildman–Crippen MR) is 302 cm³/mol. The van der Waals surface area contributed by atoms with Crippen LogP contribution in [0.5, 0.6) is 0 Å². The normalized spacial score (nSPS) is 12.1. The first-order chi connectivity index (χ1) is 32.2. The standard InChI is InChI=1S/2C32H41N2.Mg/c2*1-20(2)26-12-10-13-27(21(3)4)30(26)33-32(25-18-16-24(9)17-19-25)34-31-28(22(5)6)14-11-15-29(31)23(7)8;/h2*10-23H,1-9H3;/q2*-1;+2/p+2. The number of nitrogens with zero attached hydrogens (tertiary/aromatic N) is 2. The van der Waals surface area contributed by atoms with E-state index in [1.54, 1.807) is 0 Å². The van der Waals surface area contributed by atoms with E-state index in [0.717, 1.165) is 34.2 Å². The van der Waals surface area contributed by atoms with Gasteiger partial charge < -0.3 is 9.98 Å². The van der Waals surface area contributed by atoms with Crippen LogP contribution < -0.4 is 9.98 Å². The number of hydrogen-bond donors (Lipinski definition) is 2. The molecular weight excluding hydrogens is 849 g/mol. The minimum Gasteiger partial charge on any atom is -0.339 e. The van der Waals surface area contributed by atoms with E-state index < -0.39 is 0 Å². The summed E-state index contributed by atoms with van der Waals surface area (Å²) in [5.41, 5.74) is 19.8. The second kappa shape index (κ2) is 25.8. The zero-order chi connectivity index (χ0) is 50.0. The van der Waals surface area contributed by atoms with Crippen LogP contribution in [0.15, 0.2) is 121 Å². The van der Waals surface area contributed by atoms with Crippen LogP contribution in [0.1, 0.15) is 225 Å². The molecule has 0 amide bonds. The molecule has 0 aliphatic rings. The fourth-order valence-electron chi connectivity index (χ4n) is 8.89. The van der Waals surface area contributed by atoms with Gasteiger partial charge in [0.15, 0.2) is 0 Å². The molecule has 4 nitrogen and oxygen atoms in total. The van der Waals surface area contributed by atoms with Crippen LogP contribution in [0.3, 0.4) is 0 Å². The number of para-hydroxylation sites is 4. The van der Waals surface area contributed by atoms with Crippen LogP contribution in [0.4, 0.5) is 22.7 Å². The van der Waals surface area contributed by atoms with E-state index >= 15 is 0 Å². The molecule has 0 bridgehead atoms. The molecule has 2 N–H and O–H groups in total. The van der Waals surface area contributed by atoms with Gasteiger partial charge >= 0.3 is 23.1 Å². The third-order valence-corrected chi connectivity index (χ3v) is 13.0. The first-order valence-electron chi connectivity index (χ1n) is 25.6. The van der Waals surface area contributed by atoms with Gasteiger partial charge in [0.1, 0.15) is 11.7 Å². The molecule has 360 valence electrons. The molecule has 0 aliphatic heterocycles. The van der Waals surface area contributed by atoms with Crippen LogP contribution in [0, 0.1) is 13.8 Å². The Labute approximate surface area is 435 Å². The van der Waals surface area contributed by atoms with Crippen LogP contribution in [0.25, 0.3) is 10.6 Å². The average Bonchev–Trinajstić information content (AvgIpc) is 3.28. The fourth-order valence-corrected chi connectivity index (χ4v) is 8.89. The summed E-state index contributed by atoms with van der Waals surface area (Å²) in [4.78, 5) is 7.69. The number of benzene rings is 6. The first kappa shape index (κ1) is 56.6. The van der Waals surface area contributed by atoms with Crippen LogP contribution in [0.2, 0.25) is 0 Å². The molecule has 6 rings (SSSR count). The van der Waals surface area contributed by atoms with Gasteiger partial charge in [-0.15, -0.1) is 0 Å². The predicted octanol–water partition coefficient (Wildman–Crippen LogP) is 16.3. The molecule has 0 saturated heterocycles. The summed E-state index contributed by atoms with van der Waals surface area (Å²) in [5, 5.41) is 10.8. The first-order valence-corrected chi connectivity index (χ1v) is 25.6. The molecule has 69 heavy (non-hydrogen) atoms. The Balaban J connectivity index is 0.000000296. The van der Waals surface area contributed by atoms with Gasteiger partial charge in [0.2, 0.25) is 0 Å². The van der Waals surface area contributed by atoms with Crippen molar-refractivity contribution >= 4 is 57.5 Å². The topological polar surface area (TPSA) is 56.1 Å². The molecule has 0 spiro atoms. The number of rotatable bonds is 14. The number of amidine groups is 2. The molecular formula is C64H84MgN4+2. The van der Waals surface area contributed by atoms with Crippen molar-refractivity contribution in [1.29, 1.82) is 0 Å². The van der Waals surface area contributed by atoms with Crippen molar-refractivity contribution in [2.75, 3.05) is 0 Å². The van der Waals surface area contributed by atoms with Crippen LogP contribution in [-0.2, 0) is 0 Å². The zero-order valence-electron chi connectivity index (χ0n) is 45.8. The maximum Gasteiger partial charge on any atom is 2.00 e. The van der Waals surface area contributed by atoms with Crippen molar-refractivity contribution in [3.63, 3.8) is 0 Å². The van der Waals surface area contributed by atoms with E-state index in [4.69, 9.17) is 10.6 Å². The van der Waals surface area contributed by atoms with Crippen molar-refractivity contribution in [3.8, 4) is 0 Å². The molecule has 0 aromatic heterocycles. The van der Waals surface area contributed by atoms with Crippen LogP contribution >= 0.6 is 0 Å². The van der Waals surface area contributed by atoms with Crippen molar-refractivity contribution in [1.82, 2.24) is 0 Å². The van der Waals surface area contributed by atoms with Gasteiger partial charge in [0.25, 0.3) is 0 Å². The summed E-state index contributed by atoms with van der Waals surface area (Å²) in [7, 11) is 0. The minimum absolute atomic E-state index is 0. The van der Waals surface area contributed by atoms with Gasteiger partial charge in [0.05, 0.1) is 11.4 Å². The van der Waals surface area contributed by atoms with Gasteiger partial charge in [-0.2, -0.15) is 0 Å². The summed E-state index contributed by atoms with van der Waals surface area (Å²) in [6, 6.07) is 44.0. The third kappa shape index (κ3) is 14.5. The second-order valence-electron chi connectivity index (χ2n) is 21.3. The van der Waals surface area contributed by atoms with E-state index in [-0.39, 0.29) is 23.1 Å². The van der Waals surface area contributed by atoms with Gasteiger partial charge in [-0.05, 0) is 106 Å². The Morgan fingerprint density at radius 1 is 0.304 bits per heavy atom. The number of nitrogens with one attached hydrogen (secondary N) is 2. The molecule has 0 aliphatic carbocycles. The maximum absolute atomic E-state index is 5.40. The fraction of sp³-hybridized carbons (Fsp3) is 0.406. The van der Waals surface area contributed by atoms with Gasteiger partial charge in [0, 0.05) is 22.5 Å². The van der Waals surface area contributed by atoms with Gasteiger partial charge in [-0.25, -0.2) is 10.6 Å². The molecule has 0 fully saturated rings. The number of aryl methyl sites for hydroxylation is 2. The summed E-state index contributed by atoms with van der Waals surface area (Å²) < 4.78 is 0. The largest absolute Gasteiger partial charge is 2.00 e. The smallest absolute Gasteiger partial charge is 0.339 e. The Bertz CT molecular complexity index is 2350. The van der Waals surface area contributed by atoms with E-state index in [1.807, 2.05) is 0 Å². The van der Waals surface area contributed by atoms with Crippen molar-refractivity contribution in [3.05, 3.63) is 199 Å². The maximum atomic E-state index is 5.40. The minimum atomic E-state index is 0. The SMILES string of the molecule is Cc1ccc(C([N-]c2c(C(C)C)cccc2C(C)C)=[NH+]c2c(C(C)C)cccc2C(C)C)cc1.Cc1ccc(C([N-]c2c(C(C)C)cccc2C(C)C)=[NH+]c2c(C(C)C)cccc2C(C)C)cc1.[Mg+2]. The third-order valence-electron chi connectivity index (χ3n) is 13.0. The molecule has 0 saturated carbocycles. The van der Waals surface area contributed by atoms with Gasteiger partial charge in [-0.3, -0.25) is 0 Å². The van der Waals surface area contributed by atoms with E-state index in [0.29, 0.717) is 47.3 Å². The second-order valence-corrected chi connectivity index (χ2v) is 21.3. The van der Waals surface area contributed by atoms with Crippen molar-refractivity contribution < 1.29 is 9.98 Å². The molecule has 0 heterocycles. The summed E-state index contributed by atoms with van der Waals surface area (Å²) >= 11 is 0. The quantitative estimate of drug-likeness (QED) is 0.0621. The Kier molecular flexibility index (Phi) is 21.1. The summed E-state index contributed by atoms with van der Waals surface area (Å²) in [5.74, 6) is 5.04. The zero-order valence-corrected chi connectivity index (χ0v) is 47.2. The molecule has 6 aromatic carbocycles. The van der Waals surface area contributed by atoms with E-state index in [1.165, 1.54) is 67.0 Å². The Hall–Kier alpha value is -4.97. The average molecular weight is 934 g/mol. The Morgan fingerprint density at radius 2 is 0.507 bits per heavy atom. The summed E-state index contributed by atoms with van der Waals surface area (Å²) in [6.45, 7) is 40.4. The molecule has 0 radical (unpaired) electrons. The monoisotopic (exact) mass is 933 g/mol. The van der Waals surface area contributed by atoms with Crippen molar-refractivity contribution in [2.45, 2.75) is 172 Å². The van der Waals surface area contributed by atoms with Gasteiger partial charge in [-0.1, -0.05) is 243 Å². The molecule has 6 aromatic rings. The van der Waals surface area contributed by atoms with E-state index in [2.05, 4.69) is 256 Å². The van der Waals surface area contributed by atoms with Crippen molar-refractivity contribution in [2.24, 2.45) is 0 Å². The van der Waals surface area contributed by atoms with E-state index in [9.17, 15) is 0 Å². The molecule has 5 heteroatoms.